The van der Waals surface area contributed by atoms with Gasteiger partial charge in [-0.1, -0.05) is 11.6 Å². The summed E-state index contributed by atoms with van der Waals surface area (Å²) in [5.74, 6) is -1.63. The van der Waals surface area contributed by atoms with Crippen LogP contribution in [0.25, 0.3) is 11.0 Å². The van der Waals surface area contributed by atoms with E-state index in [9.17, 15) is 8.78 Å². The van der Waals surface area contributed by atoms with Crippen molar-refractivity contribution in [2.75, 3.05) is 0 Å². The zero-order valence-electron chi connectivity index (χ0n) is 9.62. The summed E-state index contributed by atoms with van der Waals surface area (Å²) in [6, 6.07) is 4.28. The van der Waals surface area contributed by atoms with Gasteiger partial charge in [0, 0.05) is 29.8 Å². The fourth-order valence-corrected chi connectivity index (χ4v) is 2.11. The Hall–Kier alpha value is -2.01. The van der Waals surface area contributed by atoms with E-state index in [0.29, 0.717) is 22.7 Å². The summed E-state index contributed by atoms with van der Waals surface area (Å²) in [7, 11) is 0. The topological polar surface area (TPSA) is 41.6 Å². The second-order valence-corrected chi connectivity index (χ2v) is 4.56. The lowest BCUT2D eigenvalue weighted by molar-refractivity contribution is 0.505. The molecule has 0 saturated carbocycles. The zero-order valence-corrected chi connectivity index (χ0v) is 10.4. The Labute approximate surface area is 112 Å². The summed E-state index contributed by atoms with van der Waals surface area (Å²) < 4.78 is 26.3. The molecule has 96 valence electrons. The van der Waals surface area contributed by atoms with Gasteiger partial charge < -0.3 is 4.98 Å². The highest BCUT2D eigenvalue weighted by Crippen LogP contribution is 2.23. The smallest absolute Gasteiger partial charge is 0.219 e. The number of nitrogens with one attached hydrogen (secondary N) is 1. The molecule has 0 amide bonds. The summed E-state index contributed by atoms with van der Waals surface area (Å²) >= 11 is 5.89. The molecular weight excluding hydrogens is 272 g/mol. The molecule has 3 nitrogen and oxygen atoms in total. The Morgan fingerprint density at radius 3 is 2.84 bits per heavy atom. The Kier molecular flexibility index (Phi) is 2.91. The second-order valence-electron chi connectivity index (χ2n) is 4.12. The summed E-state index contributed by atoms with van der Waals surface area (Å²) in [5.41, 5.74) is 1.83. The van der Waals surface area contributed by atoms with Gasteiger partial charge in [-0.25, -0.2) is 4.98 Å². The lowest BCUT2D eigenvalue weighted by atomic mass is 10.1. The Morgan fingerprint density at radius 1 is 1.21 bits per heavy atom. The van der Waals surface area contributed by atoms with Gasteiger partial charge in [-0.2, -0.15) is 13.8 Å². The molecule has 0 atom stereocenters. The Morgan fingerprint density at radius 2 is 2.05 bits per heavy atom. The highest BCUT2D eigenvalue weighted by Gasteiger charge is 2.10. The maximum absolute atomic E-state index is 13.5. The SMILES string of the molecule is Fc1ccc(Cc2c[nH]c3ncc(Cl)cc23)c(F)n1. The number of H-pyrrole nitrogens is 1. The number of nitrogens with zero attached hydrogens (tertiary/aromatic N) is 2. The predicted molar refractivity (Wildman–Crippen MR) is 68.1 cm³/mol. The number of hydrogen-bond acceptors (Lipinski definition) is 2. The van der Waals surface area contributed by atoms with Gasteiger partial charge >= 0.3 is 0 Å². The van der Waals surface area contributed by atoms with Crippen LogP contribution in [0.3, 0.4) is 0 Å². The molecule has 3 rings (SSSR count). The molecule has 0 spiro atoms. The van der Waals surface area contributed by atoms with E-state index in [2.05, 4.69) is 15.0 Å². The first-order chi connectivity index (χ1) is 9.13. The van der Waals surface area contributed by atoms with Crippen molar-refractivity contribution in [3.8, 4) is 0 Å². The molecule has 1 N–H and O–H groups in total. The minimum Gasteiger partial charge on any atom is -0.346 e. The number of aromatic amines is 1. The quantitative estimate of drug-likeness (QED) is 0.730. The van der Waals surface area contributed by atoms with Crippen molar-refractivity contribution in [1.82, 2.24) is 15.0 Å². The molecular formula is C13H8ClF2N3. The second kappa shape index (κ2) is 4.59. The molecule has 3 aromatic heterocycles. The van der Waals surface area contributed by atoms with Crippen molar-refractivity contribution < 1.29 is 8.78 Å². The van der Waals surface area contributed by atoms with Crippen LogP contribution in [0.4, 0.5) is 8.78 Å². The zero-order chi connectivity index (χ0) is 13.4. The van der Waals surface area contributed by atoms with E-state index >= 15 is 0 Å². The van der Waals surface area contributed by atoms with Crippen molar-refractivity contribution in [3.05, 3.63) is 58.6 Å². The van der Waals surface area contributed by atoms with Crippen LogP contribution in [0, 0.1) is 11.9 Å². The summed E-state index contributed by atoms with van der Waals surface area (Å²) in [6.45, 7) is 0. The van der Waals surface area contributed by atoms with E-state index in [1.165, 1.54) is 12.3 Å². The molecule has 0 aliphatic heterocycles. The van der Waals surface area contributed by atoms with Crippen molar-refractivity contribution in [2.45, 2.75) is 6.42 Å². The van der Waals surface area contributed by atoms with Crippen molar-refractivity contribution in [3.63, 3.8) is 0 Å². The van der Waals surface area contributed by atoms with E-state index in [1.807, 2.05) is 0 Å². The van der Waals surface area contributed by atoms with Gasteiger partial charge in [-0.15, -0.1) is 0 Å². The molecule has 3 heterocycles. The monoisotopic (exact) mass is 279 g/mol. The first-order valence-corrected chi connectivity index (χ1v) is 5.94. The Bertz CT molecular complexity index is 755. The van der Waals surface area contributed by atoms with Gasteiger partial charge in [0.2, 0.25) is 11.9 Å². The first kappa shape index (κ1) is 12.0. The number of pyridine rings is 2. The van der Waals surface area contributed by atoms with E-state index in [-0.39, 0.29) is 0 Å². The molecule has 19 heavy (non-hydrogen) atoms. The normalized spacial score (nSPS) is 11.1. The Balaban J connectivity index is 2.03. The molecule has 0 aliphatic rings. The summed E-state index contributed by atoms with van der Waals surface area (Å²) in [6.07, 6.45) is 3.56. The molecule has 0 fully saturated rings. The van der Waals surface area contributed by atoms with Crippen LogP contribution >= 0.6 is 11.6 Å². The first-order valence-electron chi connectivity index (χ1n) is 5.56. The van der Waals surface area contributed by atoms with E-state index in [1.54, 1.807) is 12.3 Å². The summed E-state index contributed by atoms with van der Waals surface area (Å²) in [4.78, 5) is 10.3. The third kappa shape index (κ3) is 2.29. The lowest BCUT2D eigenvalue weighted by Gasteiger charge is -2.01. The average Bonchev–Trinajstić information content (AvgIpc) is 2.75. The van der Waals surface area contributed by atoms with Gasteiger partial charge in [0.1, 0.15) is 5.65 Å². The van der Waals surface area contributed by atoms with E-state index < -0.39 is 11.9 Å². The molecule has 6 heteroatoms. The highest BCUT2D eigenvalue weighted by molar-refractivity contribution is 6.31. The molecule has 0 radical (unpaired) electrons. The van der Waals surface area contributed by atoms with Crippen LogP contribution in [0.5, 0.6) is 0 Å². The number of rotatable bonds is 2. The molecule has 0 saturated heterocycles. The van der Waals surface area contributed by atoms with Crippen LogP contribution in [0.2, 0.25) is 5.02 Å². The third-order valence-electron chi connectivity index (χ3n) is 2.86. The standard InChI is InChI=1S/C13H8ClF2N3/c14-9-4-10-8(5-17-13(10)18-6-9)3-7-1-2-11(15)19-12(7)16/h1-2,4-6H,3H2,(H,17,18). The van der Waals surface area contributed by atoms with Crippen LogP contribution < -0.4 is 0 Å². The maximum atomic E-state index is 13.5. The van der Waals surface area contributed by atoms with Gasteiger partial charge in [-0.3, -0.25) is 0 Å². The molecule has 0 aliphatic carbocycles. The number of halogens is 3. The van der Waals surface area contributed by atoms with E-state index in [4.69, 9.17) is 11.6 Å². The van der Waals surface area contributed by atoms with Crippen LogP contribution in [-0.4, -0.2) is 15.0 Å². The average molecular weight is 280 g/mol. The highest BCUT2D eigenvalue weighted by atomic mass is 35.5. The molecule has 0 bridgehead atoms. The maximum Gasteiger partial charge on any atom is 0.219 e. The fourth-order valence-electron chi connectivity index (χ4n) is 1.96. The van der Waals surface area contributed by atoms with Crippen molar-refractivity contribution in [1.29, 1.82) is 0 Å². The number of hydrogen-bond donors (Lipinski definition) is 1. The lowest BCUT2D eigenvalue weighted by Crippen LogP contribution is -1.97. The van der Waals surface area contributed by atoms with Gasteiger partial charge in [-0.05, 0) is 23.8 Å². The van der Waals surface area contributed by atoms with Gasteiger partial charge in [0.05, 0.1) is 5.02 Å². The molecule has 0 unspecified atom stereocenters. The number of fused-ring (bicyclic) bond motifs is 1. The van der Waals surface area contributed by atoms with Crippen LogP contribution in [0.15, 0.2) is 30.6 Å². The van der Waals surface area contributed by atoms with Crippen LogP contribution in [0.1, 0.15) is 11.1 Å². The van der Waals surface area contributed by atoms with Gasteiger partial charge in [0.15, 0.2) is 0 Å². The van der Waals surface area contributed by atoms with Crippen molar-refractivity contribution in [2.24, 2.45) is 0 Å². The number of aromatic nitrogens is 3. The van der Waals surface area contributed by atoms with Crippen molar-refractivity contribution >= 4 is 22.6 Å². The van der Waals surface area contributed by atoms with Crippen LogP contribution in [-0.2, 0) is 6.42 Å². The predicted octanol–water partition coefficient (Wildman–Crippen LogP) is 3.48. The molecule has 3 aromatic rings. The van der Waals surface area contributed by atoms with E-state index in [0.717, 1.165) is 17.0 Å². The minimum atomic E-state index is -0.829. The minimum absolute atomic E-state index is 0.293. The third-order valence-corrected chi connectivity index (χ3v) is 3.06. The largest absolute Gasteiger partial charge is 0.346 e. The fraction of sp³-hybridized carbons (Fsp3) is 0.0769. The molecule has 0 aromatic carbocycles. The van der Waals surface area contributed by atoms with Gasteiger partial charge in [0.25, 0.3) is 0 Å². The summed E-state index contributed by atoms with van der Waals surface area (Å²) in [5, 5.41) is 1.32.